The van der Waals surface area contributed by atoms with Crippen molar-refractivity contribution in [2.75, 3.05) is 5.32 Å². The lowest BCUT2D eigenvalue weighted by molar-refractivity contribution is 0.103. The molecule has 0 aliphatic rings. The Hall–Kier alpha value is -2.91. The molecule has 1 N–H and O–H groups in total. The van der Waals surface area contributed by atoms with E-state index in [1.54, 1.807) is 6.92 Å². The number of benzene rings is 1. The number of nitrogens with zero attached hydrogens (tertiary/aromatic N) is 2. The van der Waals surface area contributed by atoms with E-state index in [2.05, 4.69) is 16.2 Å². The number of rotatable bonds is 4. The Morgan fingerprint density at radius 2 is 2.08 bits per heavy atom. The topological polar surface area (TPSA) is 64.0 Å². The highest BCUT2D eigenvalue weighted by atomic mass is 32.1. The number of hydrogen-bond acceptors (Lipinski definition) is 4. The Labute approximate surface area is 149 Å². The number of anilines is 1. The van der Waals surface area contributed by atoms with E-state index in [-0.39, 0.29) is 18.0 Å². The van der Waals surface area contributed by atoms with Crippen molar-refractivity contribution in [3.63, 3.8) is 0 Å². The number of carbonyl (C=O) groups excluding carboxylic acids is 1. The predicted molar refractivity (Wildman–Crippen MR) is 101 cm³/mol. The molecule has 0 aliphatic carbocycles. The van der Waals surface area contributed by atoms with Crippen LogP contribution < -0.4 is 10.9 Å². The Bertz CT molecular complexity index is 1040. The SMILES string of the molecule is C#CCn1c(CC)nc2sc(C(=O)Nc3ccccc3)c(C)c2c1=O. The summed E-state index contributed by atoms with van der Waals surface area (Å²) in [6.45, 7) is 3.86. The van der Waals surface area contributed by atoms with Gasteiger partial charge < -0.3 is 5.32 Å². The van der Waals surface area contributed by atoms with Gasteiger partial charge in [0.05, 0.1) is 16.8 Å². The van der Waals surface area contributed by atoms with Crippen molar-refractivity contribution in [2.45, 2.75) is 26.8 Å². The number of terminal acetylenes is 1. The number of aryl methyl sites for hydroxylation is 2. The van der Waals surface area contributed by atoms with Crippen LogP contribution in [0.25, 0.3) is 10.2 Å². The molecule has 25 heavy (non-hydrogen) atoms. The Morgan fingerprint density at radius 1 is 1.36 bits per heavy atom. The molecule has 0 saturated carbocycles. The predicted octanol–water partition coefficient (Wildman–Crippen LogP) is 3.21. The van der Waals surface area contributed by atoms with Gasteiger partial charge >= 0.3 is 0 Å². The van der Waals surface area contributed by atoms with Gasteiger partial charge in [0.25, 0.3) is 11.5 Å². The summed E-state index contributed by atoms with van der Waals surface area (Å²) in [5.41, 5.74) is 1.16. The summed E-state index contributed by atoms with van der Waals surface area (Å²) in [5.74, 6) is 2.88. The summed E-state index contributed by atoms with van der Waals surface area (Å²) < 4.78 is 1.50. The van der Waals surface area contributed by atoms with E-state index in [1.165, 1.54) is 15.9 Å². The third-order valence-electron chi connectivity index (χ3n) is 3.93. The molecule has 0 aliphatic heterocycles. The van der Waals surface area contributed by atoms with Gasteiger partial charge in [-0.3, -0.25) is 14.2 Å². The first-order chi connectivity index (χ1) is 12.1. The Kier molecular flexibility index (Phi) is 4.68. The highest BCUT2D eigenvalue weighted by Gasteiger charge is 2.21. The van der Waals surface area contributed by atoms with E-state index in [9.17, 15) is 9.59 Å². The van der Waals surface area contributed by atoms with E-state index >= 15 is 0 Å². The zero-order valence-corrected chi connectivity index (χ0v) is 14.8. The second-order valence-electron chi connectivity index (χ2n) is 5.53. The number of carbonyl (C=O) groups is 1. The second-order valence-corrected chi connectivity index (χ2v) is 6.53. The molecule has 0 bridgehead atoms. The number of hydrogen-bond donors (Lipinski definition) is 1. The number of nitrogens with one attached hydrogen (secondary N) is 1. The first-order valence-corrected chi connectivity index (χ1v) is 8.71. The fourth-order valence-electron chi connectivity index (χ4n) is 2.71. The molecule has 1 amide bonds. The summed E-state index contributed by atoms with van der Waals surface area (Å²) in [7, 11) is 0. The number of thiophene rings is 1. The van der Waals surface area contributed by atoms with Crippen LogP contribution in [0.2, 0.25) is 0 Å². The quantitative estimate of drug-likeness (QED) is 0.734. The van der Waals surface area contributed by atoms with E-state index in [0.29, 0.717) is 38.6 Å². The van der Waals surface area contributed by atoms with Crippen LogP contribution >= 0.6 is 11.3 Å². The minimum atomic E-state index is -0.243. The summed E-state index contributed by atoms with van der Waals surface area (Å²) in [5, 5.41) is 3.32. The summed E-state index contributed by atoms with van der Waals surface area (Å²) >= 11 is 1.23. The molecule has 5 nitrogen and oxygen atoms in total. The van der Waals surface area contributed by atoms with Crippen LogP contribution in [0.15, 0.2) is 35.1 Å². The van der Waals surface area contributed by atoms with Crippen LogP contribution in [0.4, 0.5) is 5.69 Å². The lowest BCUT2D eigenvalue weighted by Crippen LogP contribution is -2.24. The van der Waals surface area contributed by atoms with Crippen LogP contribution in [-0.4, -0.2) is 15.5 Å². The second kappa shape index (κ2) is 6.91. The number of amides is 1. The van der Waals surface area contributed by atoms with Gasteiger partial charge in [0.15, 0.2) is 0 Å². The first-order valence-electron chi connectivity index (χ1n) is 7.89. The van der Waals surface area contributed by atoms with E-state index in [0.717, 1.165) is 0 Å². The molecule has 2 heterocycles. The minimum absolute atomic E-state index is 0.172. The lowest BCUT2D eigenvalue weighted by Gasteiger charge is -2.07. The fourth-order valence-corrected chi connectivity index (χ4v) is 3.79. The normalized spacial score (nSPS) is 10.6. The van der Waals surface area contributed by atoms with Gasteiger partial charge in [-0.25, -0.2) is 4.98 Å². The Balaban J connectivity index is 2.11. The molecule has 0 atom stereocenters. The molecule has 2 aromatic heterocycles. The molecule has 6 heteroatoms. The summed E-state index contributed by atoms with van der Waals surface area (Å²) in [6, 6.07) is 9.20. The van der Waals surface area contributed by atoms with Crippen molar-refractivity contribution in [3.8, 4) is 12.3 Å². The zero-order valence-electron chi connectivity index (χ0n) is 14.0. The van der Waals surface area contributed by atoms with Gasteiger partial charge in [0.2, 0.25) is 0 Å². The smallest absolute Gasteiger partial charge is 0.266 e. The van der Waals surface area contributed by atoms with Crippen molar-refractivity contribution in [1.82, 2.24) is 9.55 Å². The van der Waals surface area contributed by atoms with Crippen molar-refractivity contribution in [2.24, 2.45) is 0 Å². The first kappa shape index (κ1) is 16.9. The van der Waals surface area contributed by atoms with Crippen LogP contribution in [-0.2, 0) is 13.0 Å². The summed E-state index contributed by atoms with van der Waals surface area (Å²) in [6.07, 6.45) is 5.97. The van der Waals surface area contributed by atoms with Crippen LogP contribution in [0.3, 0.4) is 0 Å². The largest absolute Gasteiger partial charge is 0.321 e. The van der Waals surface area contributed by atoms with Crippen molar-refractivity contribution in [1.29, 1.82) is 0 Å². The molecular weight excluding hydrogens is 334 g/mol. The standard InChI is InChI=1S/C19H17N3O2S/c1-4-11-22-14(5-2)21-18-15(19(22)24)12(3)16(25-18)17(23)20-13-9-7-6-8-10-13/h1,6-10H,5,11H2,2-3H3,(H,20,23). The van der Waals surface area contributed by atoms with Gasteiger partial charge in [0.1, 0.15) is 10.7 Å². The average Bonchev–Trinajstić information content (AvgIpc) is 2.95. The highest BCUT2D eigenvalue weighted by Crippen LogP contribution is 2.28. The minimum Gasteiger partial charge on any atom is -0.321 e. The molecule has 0 unspecified atom stereocenters. The number of para-hydroxylation sites is 1. The van der Waals surface area contributed by atoms with Crippen LogP contribution in [0.5, 0.6) is 0 Å². The molecule has 0 radical (unpaired) electrons. The van der Waals surface area contributed by atoms with Gasteiger partial charge in [-0.1, -0.05) is 31.0 Å². The average molecular weight is 351 g/mol. The van der Waals surface area contributed by atoms with Crippen LogP contribution in [0.1, 0.15) is 28.0 Å². The maximum absolute atomic E-state index is 12.8. The lowest BCUT2D eigenvalue weighted by atomic mass is 10.2. The number of aromatic nitrogens is 2. The van der Waals surface area contributed by atoms with Gasteiger partial charge in [-0.15, -0.1) is 17.8 Å². The van der Waals surface area contributed by atoms with Crippen LogP contribution in [0, 0.1) is 19.3 Å². The van der Waals surface area contributed by atoms with E-state index in [4.69, 9.17) is 6.42 Å². The van der Waals surface area contributed by atoms with Gasteiger partial charge in [-0.05, 0) is 24.6 Å². The molecule has 0 saturated heterocycles. The third-order valence-corrected chi connectivity index (χ3v) is 5.12. The van der Waals surface area contributed by atoms with E-state index in [1.807, 2.05) is 37.3 Å². The zero-order chi connectivity index (χ0) is 18.0. The molecule has 3 rings (SSSR count). The van der Waals surface area contributed by atoms with Gasteiger partial charge in [0, 0.05) is 12.1 Å². The van der Waals surface area contributed by atoms with Gasteiger partial charge in [-0.2, -0.15) is 0 Å². The molecular formula is C19H17N3O2S. The van der Waals surface area contributed by atoms with Crippen molar-refractivity contribution in [3.05, 3.63) is 57.0 Å². The molecule has 0 spiro atoms. The fraction of sp³-hybridized carbons (Fsp3) is 0.211. The third kappa shape index (κ3) is 3.06. The maximum atomic E-state index is 12.8. The number of fused-ring (bicyclic) bond motifs is 1. The molecule has 3 aromatic rings. The highest BCUT2D eigenvalue weighted by molar-refractivity contribution is 7.20. The van der Waals surface area contributed by atoms with Crippen molar-refractivity contribution >= 4 is 33.1 Å². The Morgan fingerprint density at radius 3 is 2.72 bits per heavy atom. The summed E-state index contributed by atoms with van der Waals surface area (Å²) in [4.78, 5) is 31.0. The van der Waals surface area contributed by atoms with E-state index < -0.39 is 0 Å². The molecule has 126 valence electrons. The maximum Gasteiger partial charge on any atom is 0.266 e. The van der Waals surface area contributed by atoms with Crippen molar-refractivity contribution < 1.29 is 4.79 Å². The monoisotopic (exact) mass is 351 g/mol. The molecule has 0 fully saturated rings. The molecule has 1 aromatic carbocycles.